The van der Waals surface area contributed by atoms with Crippen LogP contribution in [-0.4, -0.2) is 13.7 Å². The first-order chi connectivity index (χ1) is 15.5. The number of benzene rings is 3. The molecule has 0 atom stereocenters. The molecular weight excluding hydrogens is 400 g/mol. The number of ether oxygens (including phenoxy) is 2. The molecule has 0 fully saturated rings. The Kier molecular flexibility index (Phi) is 6.31. The van der Waals surface area contributed by atoms with Crippen molar-refractivity contribution >= 4 is 11.0 Å². The summed E-state index contributed by atoms with van der Waals surface area (Å²) in [5.74, 6) is 1.56. The molecule has 4 nitrogen and oxygen atoms in total. The van der Waals surface area contributed by atoms with Crippen LogP contribution in [0.5, 0.6) is 11.5 Å². The molecule has 0 saturated heterocycles. The summed E-state index contributed by atoms with van der Waals surface area (Å²) < 4.78 is 16.7. The topological polar surface area (TPSA) is 48.7 Å². The Hall–Kier alpha value is -3.53. The fourth-order valence-corrected chi connectivity index (χ4v) is 4.00. The first kappa shape index (κ1) is 21.7. The first-order valence-corrected chi connectivity index (χ1v) is 11.0. The molecule has 0 aliphatic carbocycles. The van der Waals surface area contributed by atoms with Gasteiger partial charge in [-0.05, 0) is 72.4 Å². The van der Waals surface area contributed by atoms with Crippen molar-refractivity contribution < 1.29 is 13.9 Å². The van der Waals surface area contributed by atoms with Gasteiger partial charge in [0.05, 0.1) is 19.3 Å². The highest BCUT2D eigenvalue weighted by atomic mass is 16.5. The lowest BCUT2D eigenvalue weighted by Gasteiger charge is -2.12. The Morgan fingerprint density at radius 3 is 2.28 bits per heavy atom. The predicted molar refractivity (Wildman–Crippen MR) is 130 cm³/mol. The molecule has 4 aromatic rings. The Morgan fingerprint density at radius 2 is 1.59 bits per heavy atom. The SMILES string of the molecule is CCCCOc1ccc2c(C)c(-c3ccc(-c4ccc(OC)cc4C)cc3)c(=O)oc2c1. The first-order valence-electron chi connectivity index (χ1n) is 11.0. The van der Waals surface area contributed by atoms with E-state index >= 15 is 0 Å². The Bertz CT molecular complexity index is 1300. The Labute approximate surface area is 188 Å². The molecule has 1 heterocycles. The van der Waals surface area contributed by atoms with Gasteiger partial charge >= 0.3 is 5.63 Å². The summed E-state index contributed by atoms with van der Waals surface area (Å²) in [6.07, 6.45) is 2.06. The predicted octanol–water partition coefficient (Wildman–Crippen LogP) is 6.93. The average Bonchev–Trinajstić information content (AvgIpc) is 2.79. The van der Waals surface area contributed by atoms with E-state index < -0.39 is 0 Å². The largest absolute Gasteiger partial charge is 0.497 e. The van der Waals surface area contributed by atoms with Gasteiger partial charge in [-0.2, -0.15) is 0 Å². The molecule has 0 spiro atoms. The fraction of sp³-hybridized carbons (Fsp3) is 0.250. The zero-order valence-corrected chi connectivity index (χ0v) is 19.0. The second-order valence-electron chi connectivity index (χ2n) is 8.01. The fourth-order valence-electron chi connectivity index (χ4n) is 4.00. The van der Waals surface area contributed by atoms with E-state index in [0.29, 0.717) is 17.8 Å². The van der Waals surface area contributed by atoms with Crippen molar-refractivity contribution in [2.75, 3.05) is 13.7 Å². The molecule has 1 aromatic heterocycles. The molecule has 4 rings (SSSR count). The highest BCUT2D eigenvalue weighted by Crippen LogP contribution is 2.32. The van der Waals surface area contributed by atoms with Crippen LogP contribution in [0, 0.1) is 13.8 Å². The van der Waals surface area contributed by atoms with E-state index in [1.165, 1.54) is 0 Å². The summed E-state index contributed by atoms with van der Waals surface area (Å²) in [5, 5.41) is 0.914. The van der Waals surface area contributed by atoms with Gasteiger partial charge in [0.2, 0.25) is 0 Å². The maximum absolute atomic E-state index is 12.9. The maximum Gasteiger partial charge on any atom is 0.344 e. The van der Waals surface area contributed by atoms with Gasteiger partial charge in [0, 0.05) is 11.5 Å². The van der Waals surface area contributed by atoms with Gasteiger partial charge in [-0.1, -0.05) is 43.7 Å². The molecule has 0 saturated carbocycles. The number of hydrogen-bond acceptors (Lipinski definition) is 4. The summed E-state index contributed by atoms with van der Waals surface area (Å²) in [7, 11) is 1.67. The second kappa shape index (κ2) is 9.31. The van der Waals surface area contributed by atoms with Gasteiger partial charge in [0.1, 0.15) is 17.1 Å². The van der Waals surface area contributed by atoms with Gasteiger partial charge < -0.3 is 13.9 Å². The van der Waals surface area contributed by atoms with Crippen molar-refractivity contribution in [2.45, 2.75) is 33.6 Å². The quantitative estimate of drug-likeness (QED) is 0.236. The minimum atomic E-state index is -0.339. The Balaban J connectivity index is 1.68. The number of methoxy groups -OCH3 is 1. The molecular formula is C28H28O4. The standard InChI is InChI=1S/C28H28O4/c1-5-6-15-31-23-12-14-25-19(3)27(28(29)32-26(25)17-23)21-9-7-20(8-10-21)24-13-11-22(30-4)16-18(24)2/h7-14,16-17H,5-6,15H2,1-4H3. The maximum atomic E-state index is 12.9. The zero-order chi connectivity index (χ0) is 22.7. The molecule has 0 bridgehead atoms. The van der Waals surface area contributed by atoms with Gasteiger partial charge in [-0.3, -0.25) is 0 Å². The molecule has 0 unspecified atom stereocenters. The highest BCUT2D eigenvalue weighted by molar-refractivity contribution is 5.87. The third kappa shape index (κ3) is 4.26. The summed E-state index contributed by atoms with van der Waals surface area (Å²) >= 11 is 0. The lowest BCUT2D eigenvalue weighted by molar-refractivity contribution is 0.309. The second-order valence-corrected chi connectivity index (χ2v) is 8.01. The van der Waals surface area contributed by atoms with E-state index in [9.17, 15) is 4.79 Å². The van der Waals surface area contributed by atoms with Crippen molar-refractivity contribution in [3.63, 3.8) is 0 Å². The van der Waals surface area contributed by atoms with E-state index in [1.807, 2.05) is 55.5 Å². The van der Waals surface area contributed by atoms with Crippen molar-refractivity contribution in [3.05, 3.63) is 82.2 Å². The Morgan fingerprint density at radius 1 is 0.875 bits per heavy atom. The van der Waals surface area contributed by atoms with E-state index in [1.54, 1.807) is 13.2 Å². The third-order valence-corrected chi connectivity index (χ3v) is 5.82. The van der Waals surface area contributed by atoms with E-state index in [-0.39, 0.29) is 5.63 Å². The van der Waals surface area contributed by atoms with E-state index in [2.05, 4.69) is 19.9 Å². The van der Waals surface area contributed by atoms with Crippen molar-refractivity contribution in [2.24, 2.45) is 0 Å². The summed E-state index contributed by atoms with van der Waals surface area (Å²) in [6.45, 7) is 6.81. The lowest BCUT2D eigenvalue weighted by Crippen LogP contribution is -2.06. The van der Waals surface area contributed by atoms with Crippen LogP contribution in [0.3, 0.4) is 0 Å². The number of fused-ring (bicyclic) bond motifs is 1. The summed E-state index contributed by atoms with van der Waals surface area (Å²) in [6, 6.07) is 19.8. The van der Waals surface area contributed by atoms with Crippen molar-refractivity contribution in [3.8, 4) is 33.8 Å². The molecule has 32 heavy (non-hydrogen) atoms. The summed E-state index contributed by atoms with van der Waals surface area (Å²) in [5.41, 5.74) is 5.91. The number of rotatable bonds is 7. The average molecular weight is 429 g/mol. The van der Waals surface area contributed by atoms with E-state index in [4.69, 9.17) is 13.9 Å². The molecule has 164 valence electrons. The minimum absolute atomic E-state index is 0.339. The van der Waals surface area contributed by atoms with Gasteiger partial charge in [0.25, 0.3) is 0 Å². The van der Waals surface area contributed by atoms with E-state index in [0.717, 1.165) is 57.5 Å². The number of hydrogen-bond donors (Lipinski definition) is 0. The van der Waals surface area contributed by atoms with Crippen LogP contribution in [0.15, 0.2) is 69.9 Å². The summed E-state index contributed by atoms with van der Waals surface area (Å²) in [4.78, 5) is 12.9. The van der Waals surface area contributed by atoms with Crippen molar-refractivity contribution in [1.29, 1.82) is 0 Å². The lowest BCUT2D eigenvalue weighted by atomic mass is 9.95. The number of aryl methyl sites for hydroxylation is 2. The van der Waals surface area contributed by atoms with Gasteiger partial charge in [-0.15, -0.1) is 0 Å². The molecule has 0 radical (unpaired) electrons. The highest BCUT2D eigenvalue weighted by Gasteiger charge is 2.14. The molecule has 3 aromatic carbocycles. The van der Waals surface area contributed by atoms with Crippen LogP contribution in [-0.2, 0) is 0 Å². The molecule has 0 amide bonds. The molecule has 4 heteroatoms. The van der Waals surface area contributed by atoms with Crippen LogP contribution in [0.1, 0.15) is 30.9 Å². The van der Waals surface area contributed by atoms with Crippen molar-refractivity contribution in [1.82, 2.24) is 0 Å². The molecule has 0 aliphatic rings. The van der Waals surface area contributed by atoms with Crippen LogP contribution < -0.4 is 15.1 Å². The third-order valence-electron chi connectivity index (χ3n) is 5.82. The van der Waals surface area contributed by atoms with Crippen LogP contribution in [0.2, 0.25) is 0 Å². The molecule has 0 aliphatic heterocycles. The van der Waals surface area contributed by atoms with Crippen LogP contribution in [0.25, 0.3) is 33.2 Å². The zero-order valence-electron chi connectivity index (χ0n) is 19.0. The molecule has 0 N–H and O–H groups in total. The minimum Gasteiger partial charge on any atom is -0.497 e. The normalized spacial score (nSPS) is 11.0. The smallest absolute Gasteiger partial charge is 0.344 e. The monoisotopic (exact) mass is 428 g/mol. The van der Waals surface area contributed by atoms with Gasteiger partial charge in [-0.25, -0.2) is 4.79 Å². The van der Waals surface area contributed by atoms with Crippen LogP contribution in [0.4, 0.5) is 0 Å². The van der Waals surface area contributed by atoms with Gasteiger partial charge in [0.15, 0.2) is 0 Å². The van der Waals surface area contributed by atoms with Crippen LogP contribution >= 0.6 is 0 Å². The number of unbranched alkanes of at least 4 members (excludes halogenated alkanes) is 1.